The van der Waals surface area contributed by atoms with Crippen LogP contribution in [-0.2, 0) is 0 Å². The number of rotatable bonds is 2. The molecule has 11 heavy (non-hydrogen) atoms. The van der Waals surface area contributed by atoms with Crippen molar-refractivity contribution in [1.82, 2.24) is 0 Å². The zero-order valence-electron chi connectivity index (χ0n) is 5.57. The van der Waals surface area contributed by atoms with Gasteiger partial charge in [-0.05, 0) is 21.7 Å². The van der Waals surface area contributed by atoms with E-state index in [1.807, 2.05) is 0 Å². The average molecular weight is 238 g/mol. The minimum atomic E-state index is 0.566. The largest absolute Gasteiger partial charge is 0.359 e. The normalized spacial score (nSPS) is 10.9. The molecular formula is C4H7N2P5. The minimum Gasteiger partial charge on any atom is -0.359 e. The molecule has 0 saturated carbocycles. The van der Waals surface area contributed by atoms with E-state index in [9.17, 15) is 0 Å². The third-order valence-corrected chi connectivity index (χ3v) is 6.66. The Bertz CT molecular complexity index is 257. The molecule has 3 N–H and O–H groups in total. The summed E-state index contributed by atoms with van der Waals surface area (Å²) in [7, 11) is 7.94. The van der Waals surface area contributed by atoms with Crippen molar-refractivity contribution in [1.29, 1.82) is 5.41 Å². The molecule has 0 aromatic rings. The highest BCUT2D eigenvalue weighted by Gasteiger charge is 1.85. The summed E-state index contributed by atoms with van der Waals surface area (Å²) in [6.07, 6.45) is 0. The molecule has 2 nitrogen and oxygen atoms in total. The Morgan fingerprint density at radius 1 is 1.45 bits per heavy atom. The van der Waals surface area contributed by atoms with Gasteiger partial charge in [-0.1, -0.05) is 26.1 Å². The lowest BCUT2D eigenvalue weighted by Crippen LogP contribution is -1.80. The van der Waals surface area contributed by atoms with Crippen LogP contribution < -0.4 is 5.73 Å². The first kappa shape index (κ1) is 11.7. The van der Waals surface area contributed by atoms with Gasteiger partial charge in [-0.3, -0.25) is 5.41 Å². The number of nitrogens with two attached hydrogens (primary N) is 1. The van der Waals surface area contributed by atoms with E-state index >= 15 is 0 Å². The summed E-state index contributed by atoms with van der Waals surface area (Å²) in [6, 6.07) is 2.35. The van der Waals surface area contributed by atoms with Gasteiger partial charge in [-0.2, -0.15) is 0 Å². The molecule has 0 fully saturated rings. The van der Waals surface area contributed by atoms with Gasteiger partial charge in [-0.25, -0.2) is 0 Å². The Hall–Kier alpha value is 0.660. The van der Waals surface area contributed by atoms with Crippen LogP contribution in [0.5, 0.6) is 0 Å². The molecule has 0 saturated heterocycles. The van der Waals surface area contributed by atoms with E-state index in [1.54, 1.807) is 0 Å². The van der Waals surface area contributed by atoms with Crippen LogP contribution in [0.15, 0.2) is 0 Å². The maximum absolute atomic E-state index is 7.14. The van der Waals surface area contributed by atoms with Gasteiger partial charge in [0.1, 0.15) is 0 Å². The minimum absolute atomic E-state index is 0.566. The SMILES string of the molecule is N=C(P)P=PC(C#CN)=PP. The predicted molar refractivity (Wildman–Crippen MR) is 64.9 cm³/mol. The molecule has 0 heterocycles. The van der Waals surface area contributed by atoms with Crippen LogP contribution >= 0.6 is 41.8 Å². The molecule has 2 unspecified atom stereocenters. The lowest BCUT2D eigenvalue weighted by atomic mass is 10.8. The fraction of sp³-hybridized carbons (Fsp3) is 0. The molecule has 0 spiro atoms. The summed E-state index contributed by atoms with van der Waals surface area (Å²) in [4.78, 5) is 0. The average Bonchev–Trinajstić information content (AvgIpc) is 1.97. The van der Waals surface area contributed by atoms with Gasteiger partial charge < -0.3 is 5.73 Å². The predicted octanol–water partition coefficient (Wildman–Crippen LogP) is 2.39. The summed E-state index contributed by atoms with van der Waals surface area (Å²) in [5, 5.41) is 8.72. The first-order chi connectivity index (χ1) is 5.20. The van der Waals surface area contributed by atoms with Gasteiger partial charge in [-0.15, -0.1) is 0 Å². The summed E-state index contributed by atoms with van der Waals surface area (Å²) >= 11 is 0. The molecule has 0 aromatic heterocycles. The number of hydrogen-bond acceptors (Lipinski definition) is 2. The molecule has 2 atom stereocenters. The molecule has 0 aliphatic heterocycles. The summed E-state index contributed by atoms with van der Waals surface area (Å²) in [5.74, 6) is 2.77. The van der Waals surface area contributed by atoms with Gasteiger partial charge in [0, 0.05) is 6.04 Å². The van der Waals surface area contributed by atoms with Crippen molar-refractivity contribution in [3.63, 3.8) is 0 Å². The Kier molecular flexibility index (Phi) is 7.76. The summed E-state index contributed by atoms with van der Waals surface area (Å²) in [6.45, 7) is 0. The first-order valence-electron chi connectivity index (χ1n) is 2.46. The third-order valence-electron chi connectivity index (χ3n) is 0.559. The van der Waals surface area contributed by atoms with Crippen molar-refractivity contribution in [3.05, 3.63) is 0 Å². The second-order valence-electron chi connectivity index (χ2n) is 1.31. The highest BCUT2D eigenvalue weighted by atomic mass is 32.0. The van der Waals surface area contributed by atoms with Crippen molar-refractivity contribution in [2.75, 3.05) is 0 Å². The van der Waals surface area contributed by atoms with E-state index in [2.05, 4.69) is 30.1 Å². The standard InChI is InChI=1S/C4H7N2P5/c5-2-1-3(9-8)10-11-4(6)7/h6H,5,7-8H2. The van der Waals surface area contributed by atoms with Crippen LogP contribution in [0.4, 0.5) is 0 Å². The van der Waals surface area contributed by atoms with Crippen LogP contribution in [-0.4, -0.2) is 10.2 Å². The zero-order valence-corrected chi connectivity index (χ0v) is 10.6. The molecule has 0 amide bonds. The van der Waals surface area contributed by atoms with Gasteiger partial charge in [0.05, 0.1) is 10.2 Å². The molecule has 0 radical (unpaired) electrons. The molecule has 7 heteroatoms. The molecule has 0 aliphatic rings. The van der Waals surface area contributed by atoms with Crippen molar-refractivity contribution < 1.29 is 0 Å². The lowest BCUT2D eigenvalue weighted by Gasteiger charge is -1.83. The lowest BCUT2D eigenvalue weighted by molar-refractivity contribution is 1.59. The second-order valence-corrected chi connectivity index (χ2v) is 6.73. The van der Waals surface area contributed by atoms with Gasteiger partial charge >= 0.3 is 0 Å². The van der Waals surface area contributed by atoms with Crippen molar-refractivity contribution in [2.45, 2.75) is 0 Å². The maximum Gasteiger partial charge on any atom is 0.0846 e. The summed E-state index contributed by atoms with van der Waals surface area (Å²) in [5.41, 5.74) is 5.05. The van der Waals surface area contributed by atoms with E-state index in [0.29, 0.717) is 5.19 Å². The quantitative estimate of drug-likeness (QED) is 0.330. The first-order valence-corrected chi connectivity index (χ1v) is 8.04. The van der Waals surface area contributed by atoms with Crippen molar-refractivity contribution in [2.24, 2.45) is 5.73 Å². The van der Waals surface area contributed by atoms with Crippen molar-refractivity contribution in [3.8, 4) is 12.0 Å². The molecule has 0 bridgehead atoms. The second kappa shape index (κ2) is 7.32. The molecule has 0 aromatic carbocycles. The Labute approximate surface area is 75.5 Å². The van der Waals surface area contributed by atoms with E-state index < -0.39 is 0 Å². The zero-order chi connectivity index (χ0) is 8.69. The van der Waals surface area contributed by atoms with E-state index in [4.69, 9.17) is 11.1 Å². The molecule has 0 aliphatic carbocycles. The maximum atomic E-state index is 7.14. The van der Waals surface area contributed by atoms with Crippen LogP contribution in [0.2, 0.25) is 0 Å². The summed E-state index contributed by atoms with van der Waals surface area (Å²) < 4.78 is 0. The van der Waals surface area contributed by atoms with Crippen LogP contribution in [0.25, 0.3) is 0 Å². The fourth-order valence-corrected chi connectivity index (χ4v) is 4.63. The molecule has 0 rings (SSSR count). The van der Waals surface area contributed by atoms with Gasteiger partial charge in [0.15, 0.2) is 0 Å². The topological polar surface area (TPSA) is 49.9 Å². The van der Waals surface area contributed by atoms with Crippen LogP contribution in [0.1, 0.15) is 0 Å². The smallest absolute Gasteiger partial charge is 0.0846 e. The van der Waals surface area contributed by atoms with Crippen molar-refractivity contribution >= 4 is 52.0 Å². The van der Waals surface area contributed by atoms with E-state index in [-0.39, 0.29) is 0 Å². The van der Waals surface area contributed by atoms with Gasteiger partial charge in [0.25, 0.3) is 0 Å². The number of hydrogen-bond donors (Lipinski definition) is 2. The highest BCUT2D eigenvalue weighted by Crippen LogP contribution is 2.27. The molecule has 58 valence electrons. The Morgan fingerprint density at radius 2 is 2.09 bits per heavy atom. The number of nitrogens with one attached hydrogen (secondary N) is 1. The van der Waals surface area contributed by atoms with Crippen LogP contribution in [0.3, 0.4) is 0 Å². The van der Waals surface area contributed by atoms with Gasteiger partial charge in [0.2, 0.25) is 0 Å². The Balaban J connectivity index is 4.30. The fourth-order valence-electron chi connectivity index (χ4n) is 0.249. The highest BCUT2D eigenvalue weighted by molar-refractivity contribution is 8.15. The third kappa shape index (κ3) is 7.04. The van der Waals surface area contributed by atoms with E-state index in [1.165, 1.54) is 0 Å². The Morgan fingerprint density at radius 3 is 2.45 bits per heavy atom. The monoisotopic (exact) mass is 238 g/mol. The van der Waals surface area contributed by atoms with Crippen LogP contribution in [0, 0.1) is 17.4 Å². The molecular weight excluding hydrogens is 231 g/mol. The van der Waals surface area contributed by atoms with E-state index in [0.717, 1.165) is 28.7 Å².